The van der Waals surface area contributed by atoms with Crippen LogP contribution in [0.3, 0.4) is 0 Å². The summed E-state index contributed by atoms with van der Waals surface area (Å²) in [6, 6.07) is 11.8. The van der Waals surface area contributed by atoms with Crippen LogP contribution < -0.4 is 0 Å². The minimum atomic E-state index is -0.784. The summed E-state index contributed by atoms with van der Waals surface area (Å²) in [5.41, 5.74) is 0. The Labute approximate surface area is 122 Å². The number of carbonyl (C=O) groups excluding carboxylic acids is 1. The molecule has 3 aromatic rings. The zero-order valence-electron chi connectivity index (χ0n) is 10.2. The number of hydrogen-bond acceptors (Lipinski definition) is 4. The fourth-order valence-corrected chi connectivity index (χ4v) is 3.80. The predicted molar refractivity (Wildman–Crippen MR) is 78.8 cm³/mol. The first-order chi connectivity index (χ1) is 9.69. The van der Waals surface area contributed by atoms with Crippen LogP contribution in [0.1, 0.15) is 20.5 Å². The van der Waals surface area contributed by atoms with Crippen molar-refractivity contribution in [1.29, 1.82) is 5.26 Å². The number of hydrogen-bond donors (Lipinski definition) is 0. The zero-order valence-corrected chi connectivity index (χ0v) is 11.8. The summed E-state index contributed by atoms with van der Waals surface area (Å²) in [6.07, 6.45) is 0. The lowest BCUT2D eigenvalue weighted by Crippen LogP contribution is -2.08. The molecule has 2 nitrogen and oxygen atoms in total. The molecule has 0 spiro atoms. The van der Waals surface area contributed by atoms with Crippen LogP contribution in [0.25, 0.3) is 10.1 Å². The number of halogens is 1. The molecule has 0 aliphatic rings. The van der Waals surface area contributed by atoms with Crippen LogP contribution in [0, 0.1) is 17.1 Å². The van der Waals surface area contributed by atoms with Gasteiger partial charge in [-0.3, -0.25) is 4.79 Å². The summed E-state index contributed by atoms with van der Waals surface area (Å²) in [6.45, 7) is 0. The largest absolute Gasteiger partial charge is 0.291 e. The fourth-order valence-electron chi connectivity index (χ4n) is 1.98. The molecular weight excluding hydrogens is 293 g/mol. The number of nitrogens with zero attached hydrogens (tertiary/aromatic N) is 1. The van der Waals surface area contributed by atoms with Crippen molar-refractivity contribution in [2.45, 2.75) is 5.92 Å². The molecule has 2 heterocycles. The Balaban J connectivity index is 2.02. The molecule has 0 amide bonds. The van der Waals surface area contributed by atoms with Gasteiger partial charge >= 0.3 is 0 Å². The lowest BCUT2D eigenvalue weighted by molar-refractivity contribution is 0.0984. The van der Waals surface area contributed by atoms with Gasteiger partial charge in [0, 0.05) is 9.58 Å². The van der Waals surface area contributed by atoms with Gasteiger partial charge in [0.1, 0.15) is 11.7 Å². The van der Waals surface area contributed by atoms with Gasteiger partial charge in [0.25, 0.3) is 0 Å². The van der Waals surface area contributed by atoms with Crippen molar-refractivity contribution in [3.8, 4) is 6.07 Å². The third-order valence-corrected chi connectivity index (χ3v) is 4.99. The number of fused-ring (bicyclic) bond motifs is 1. The van der Waals surface area contributed by atoms with Gasteiger partial charge < -0.3 is 0 Å². The average Bonchev–Trinajstić information content (AvgIpc) is 3.07. The van der Waals surface area contributed by atoms with Gasteiger partial charge in [-0.15, -0.1) is 22.7 Å². The summed E-state index contributed by atoms with van der Waals surface area (Å²) < 4.78 is 13.9. The molecule has 0 N–H and O–H groups in total. The fraction of sp³-hybridized carbons (Fsp3) is 0.0667. The molecule has 0 radical (unpaired) electrons. The molecule has 1 aromatic carbocycles. The van der Waals surface area contributed by atoms with E-state index in [2.05, 4.69) is 6.07 Å². The van der Waals surface area contributed by atoms with Gasteiger partial charge in [0.05, 0.1) is 10.9 Å². The highest BCUT2D eigenvalue weighted by molar-refractivity contribution is 7.21. The number of ketones is 1. The number of thiophene rings is 2. The van der Waals surface area contributed by atoms with Crippen molar-refractivity contribution < 1.29 is 9.18 Å². The summed E-state index contributed by atoms with van der Waals surface area (Å²) in [7, 11) is 0. The normalized spacial score (nSPS) is 12.2. The zero-order chi connectivity index (χ0) is 14.1. The van der Waals surface area contributed by atoms with Crippen molar-refractivity contribution in [1.82, 2.24) is 0 Å². The molecule has 1 unspecified atom stereocenters. The molecule has 0 fully saturated rings. The van der Waals surface area contributed by atoms with E-state index < -0.39 is 5.92 Å². The second kappa shape index (κ2) is 5.16. The molecule has 98 valence electrons. The average molecular weight is 301 g/mol. The van der Waals surface area contributed by atoms with Crippen molar-refractivity contribution >= 4 is 38.5 Å². The molecule has 0 bridgehead atoms. The maximum atomic E-state index is 13.2. The van der Waals surface area contributed by atoms with E-state index in [1.54, 1.807) is 18.2 Å². The van der Waals surface area contributed by atoms with Crippen LogP contribution >= 0.6 is 22.7 Å². The quantitative estimate of drug-likeness (QED) is 0.664. The number of rotatable bonds is 3. The Kier molecular flexibility index (Phi) is 3.35. The third kappa shape index (κ3) is 2.24. The van der Waals surface area contributed by atoms with Gasteiger partial charge in [-0.25, -0.2) is 4.39 Å². The van der Waals surface area contributed by atoms with Crippen molar-refractivity contribution in [2.24, 2.45) is 0 Å². The second-order valence-electron chi connectivity index (χ2n) is 4.23. The Morgan fingerprint density at radius 2 is 2.15 bits per heavy atom. The van der Waals surface area contributed by atoms with Crippen LogP contribution in [0.2, 0.25) is 0 Å². The minimum Gasteiger partial charge on any atom is -0.291 e. The summed E-state index contributed by atoms with van der Waals surface area (Å²) in [4.78, 5) is 13.7. The van der Waals surface area contributed by atoms with E-state index in [9.17, 15) is 14.4 Å². The van der Waals surface area contributed by atoms with Crippen LogP contribution in [-0.4, -0.2) is 5.78 Å². The summed E-state index contributed by atoms with van der Waals surface area (Å²) >= 11 is 2.61. The van der Waals surface area contributed by atoms with E-state index in [1.807, 2.05) is 11.4 Å². The number of nitriles is 1. The predicted octanol–water partition coefficient (Wildman–Crippen LogP) is 4.59. The number of benzene rings is 1. The second-order valence-corrected chi connectivity index (χ2v) is 6.30. The molecule has 20 heavy (non-hydrogen) atoms. The monoisotopic (exact) mass is 301 g/mol. The summed E-state index contributed by atoms with van der Waals surface area (Å²) in [5.74, 6) is -1.34. The van der Waals surface area contributed by atoms with Crippen LogP contribution in [0.4, 0.5) is 4.39 Å². The first-order valence-corrected chi connectivity index (χ1v) is 7.55. The van der Waals surface area contributed by atoms with E-state index in [4.69, 9.17) is 0 Å². The van der Waals surface area contributed by atoms with Gasteiger partial charge in [0.15, 0.2) is 5.78 Å². The smallest absolute Gasteiger partial charge is 0.195 e. The van der Waals surface area contributed by atoms with E-state index in [0.717, 1.165) is 15.0 Å². The molecule has 2 aromatic heterocycles. The van der Waals surface area contributed by atoms with Gasteiger partial charge in [0.2, 0.25) is 0 Å². The highest BCUT2D eigenvalue weighted by Crippen LogP contribution is 2.31. The highest BCUT2D eigenvalue weighted by atomic mass is 32.1. The van der Waals surface area contributed by atoms with E-state index in [1.165, 1.54) is 34.8 Å². The van der Waals surface area contributed by atoms with Crippen LogP contribution in [-0.2, 0) is 0 Å². The Morgan fingerprint density at radius 1 is 1.30 bits per heavy atom. The standard InChI is InChI=1S/C15H8FNOS2/c16-10-4-3-9-6-14(20-13(9)7-10)15(18)11(8-17)12-2-1-5-19-12/h1-7,11H. The van der Waals surface area contributed by atoms with Gasteiger partial charge in [-0.2, -0.15) is 5.26 Å². The molecule has 1 atom stereocenters. The van der Waals surface area contributed by atoms with Gasteiger partial charge in [-0.05, 0) is 35.0 Å². The first-order valence-electron chi connectivity index (χ1n) is 5.85. The third-order valence-electron chi connectivity index (χ3n) is 2.94. The molecule has 0 aliphatic heterocycles. The molecule has 3 rings (SSSR count). The van der Waals surface area contributed by atoms with Gasteiger partial charge in [-0.1, -0.05) is 12.1 Å². The van der Waals surface area contributed by atoms with Crippen molar-refractivity contribution in [3.05, 3.63) is 57.3 Å². The first kappa shape index (κ1) is 13.0. The van der Waals surface area contributed by atoms with E-state index >= 15 is 0 Å². The SMILES string of the molecule is N#CC(C(=O)c1cc2ccc(F)cc2s1)c1cccs1. The van der Waals surface area contributed by atoms with Crippen molar-refractivity contribution in [3.63, 3.8) is 0 Å². The lowest BCUT2D eigenvalue weighted by atomic mass is 10.0. The lowest BCUT2D eigenvalue weighted by Gasteiger charge is -2.02. The molecular formula is C15H8FNOS2. The maximum Gasteiger partial charge on any atom is 0.195 e. The molecule has 0 aliphatic carbocycles. The number of carbonyl (C=O) groups is 1. The number of Topliss-reactive ketones (excluding diaryl/α,β-unsaturated/α-hetero) is 1. The highest BCUT2D eigenvalue weighted by Gasteiger charge is 2.24. The minimum absolute atomic E-state index is 0.225. The van der Waals surface area contributed by atoms with E-state index in [-0.39, 0.29) is 11.6 Å². The molecule has 0 saturated heterocycles. The summed E-state index contributed by atoms with van der Waals surface area (Å²) in [5, 5.41) is 11.9. The Hall–Kier alpha value is -2.03. The Morgan fingerprint density at radius 3 is 2.85 bits per heavy atom. The topological polar surface area (TPSA) is 40.9 Å². The van der Waals surface area contributed by atoms with E-state index in [0.29, 0.717) is 4.88 Å². The molecule has 5 heteroatoms. The van der Waals surface area contributed by atoms with Crippen LogP contribution in [0.15, 0.2) is 41.8 Å². The Bertz CT molecular complexity index is 814. The van der Waals surface area contributed by atoms with Crippen molar-refractivity contribution in [2.75, 3.05) is 0 Å². The molecule has 0 saturated carbocycles. The maximum absolute atomic E-state index is 13.2. The van der Waals surface area contributed by atoms with Crippen LogP contribution in [0.5, 0.6) is 0 Å².